The molecular weight excluding hydrogens is 193 g/mol. The first-order chi connectivity index (χ1) is 7.33. The summed E-state index contributed by atoms with van der Waals surface area (Å²) in [6.45, 7) is 0. The fourth-order valence-electron chi connectivity index (χ4n) is 1.61. The van der Waals surface area contributed by atoms with E-state index >= 15 is 0 Å². The molecule has 3 heteroatoms. The molecule has 2 nitrogen and oxygen atoms in total. The van der Waals surface area contributed by atoms with Gasteiger partial charge in [0, 0.05) is 6.07 Å². The van der Waals surface area contributed by atoms with Crippen LogP contribution in [0.25, 0.3) is 0 Å². The minimum absolute atomic E-state index is 0.296. The molecule has 0 unspecified atom stereocenters. The highest BCUT2D eigenvalue weighted by molar-refractivity contribution is 5.75. The maximum absolute atomic E-state index is 13.0. The number of rotatable bonds is 0. The van der Waals surface area contributed by atoms with Crippen LogP contribution < -0.4 is 10.1 Å². The lowest BCUT2D eigenvalue weighted by molar-refractivity contribution is 0.475. The first-order valence-corrected chi connectivity index (χ1v) is 4.66. The van der Waals surface area contributed by atoms with Crippen LogP contribution in [-0.2, 0) is 0 Å². The van der Waals surface area contributed by atoms with Crippen LogP contribution in [0.5, 0.6) is 11.5 Å². The summed E-state index contributed by atoms with van der Waals surface area (Å²) in [5.41, 5.74) is 1.69. The molecule has 0 aliphatic carbocycles. The summed E-state index contributed by atoms with van der Waals surface area (Å²) < 4.78 is 18.5. The molecule has 1 aliphatic heterocycles. The van der Waals surface area contributed by atoms with Gasteiger partial charge < -0.3 is 10.1 Å². The molecule has 0 saturated heterocycles. The van der Waals surface area contributed by atoms with Crippen molar-refractivity contribution in [3.05, 3.63) is 48.3 Å². The number of nitrogens with one attached hydrogen (secondary N) is 1. The van der Waals surface area contributed by atoms with E-state index in [1.165, 1.54) is 12.1 Å². The van der Waals surface area contributed by atoms with Gasteiger partial charge in [-0.3, -0.25) is 0 Å². The quantitative estimate of drug-likeness (QED) is 0.599. The van der Waals surface area contributed by atoms with Crippen LogP contribution in [0, 0.1) is 5.82 Å². The number of para-hydroxylation sites is 2. The maximum Gasteiger partial charge on any atom is 0.153 e. The van der Waals surface area contributed by atoms with E-state index in [2.05, 4.69) is 5.32 Å². The third-order valence-corrected chi connectivity index (χ3v) is 2.32. The molecule has 74 valence electrons. The number of hydrogen-bond donors (Lipinski definition) is 1. The molecule has 1 heterocycles. The zero-order chi connectivity index (χ0) is 10.3. The second-order valence-electron chi connectivity index (χ2n) is 3.36. The largest absolute Gasteiger partial charge is 0.453 e. The molecule has 3 rings (SSSR count). The van der Waals surface area contributed by atoms with Crippen molar-refractivity contribution < 1.29 is 9.13 Å². The topological polar surface area (TPSA) is 21.3 Å². The van der Waals surface area contributed by atoms with Crippen LogP contribution in [0.4, 0.5) is 15.8 Å². The van der Waals surface area contributed by atoms with Crippen molar-refractivity contribution in [1.82, 2.24) is 0 Å². The van der Waals surface area contributed by atoms with Gasteiger partial charge in [-0.2, -0.15) is 0 Å². The molecule has 0 atom stereocenters. The fraction of sp³-hybridized carbons (Fsp3) is 0. The molecule has 1 aliphatic rings. The van der Waals surface area contributed by atoms with Gasteiger partial charge in [0.2, 0.25) is 0 Å². The van der Waals surface area contributed by atoms with Crippen molar-refractivity contribution in [3.8, 4) is 11.5 Å². The van der Waals surface area contributed by atoms with Crippen LogP contribution in [0.2, 0.25) is 0 Å². The van der Waals surface area contributed by atoms with E-state index in [1.54, 1.807) is 6.07 Å². The molecule has 0 spiro atoms. The third kappa shape index (κ3) is 1.32. The average Bonchev–Trinajstić information content (AvgIpc) is 2.26. The van der Waals surface area contributed by atoms with Crippen molar-refractivity contribution in [1.29, 1.82) is 0 Å². The Bertz CT molecular complexity index is 525. The van der Waals surface area contributed by atoms with Crippen molar-refractivity contribution in [3.63, 3.8) is 0 Å². The summed E-state index contributed by atoms with van der Waals surface area (Å²) in [7, 11) is 0. The van der Waals surface area contributed by atoms with E-state index in [0.29, 0.717) is 5.75 Å². The lowest BCUT2D eigenvalue weighted by Crippen LogP contribution is -2.02. The van der Waals surface area contributed by atoms with Gasteiger partial charge in [-0.1, -0.05) is 12.1 Å². The molecule has 0 fully saturated rings. The number of hydrogen-bond acceptors (Lipinski definition) is 2. The number of benzene rings is 2. The molecule has 0 saturated carbocycles. The minimum Gasteiger partial charge on any atom is -0.453 e. The van der Waals surface area contributed by atoms with Crippen LogP contribution >= 0.6 is 0 Å². The summed E-state index contributed by atoms with van der Waals surface area (Å²) in [6, 6.07) is 12.0. The Kier molecular flexibility index (Phi) is 1.65. The monoisotopic (exact) mass is 201 g/mol. The average molecular weight is 201 g/mol. The Morgan fingerprint density at radius 1 is 0.933 bits per heavy atom. The lowest BCUT2D eigenvalue weighted by atomic mass is 10.2. The first kappa shape index (κ1) is 8.29. The number of fused-ring (bicyclic) bond motifs is 2. The zero-order valence-corrected chi connectivity index (χ0v) is 7.83. The van der Waals surface area contributed by atoms with Crippen LogP contribution in [0.15, 0.2) is 42.5 Å². The van der Waals surface area contributed by atoms with Crippen molar-refractivity contribution in [2.45, 2.75) is 0 Å². The Hall–Kier alpha value is -2.03. The van der Waals surface area contributed by atoms with Gasteiger partial charge in [-0.15, -0.1) is 0 Å². The molecule has 0 aromatic heterocycles. The fourth-order valence-corrected chi connectivity index (χ4v) is 1.61. The van der Waals surface area contributed by atoms with E-state index < -0.39 is 0 Å². The van der Waals surface area contributed by atoms with Gasteiger partial charge in [-0.25, -0.2) is 4.39 Å². The van der Waals surface area contributed by atoms with E-state index in [-0.39, 0.29) is 5.82 Å². The standard InChI is InChI=1S/C12H8FNO/c13-8-5-6-10-12(7-8)15-11-4-2-1-3-9(11)14-10/h1-7,14H. The summed E-state index contributed by atoms with van der Waals surface area (Å²) in [4.78, 5) is 0. The van der Waals surface area contributed by atoms with Crippen molar-refractivity contribution in [2.24, 2.45) is 0 Å². The van der Waals surface area contributed by atoms with Crippen molar-refractivity contribution >= 4 is 11.4 Å². The van der Waals surface area contributed by atoms with Gasteiger partial charge >= 0.3 is 0 Å². The highest BCUT2D eigenvalue weighted by atomic mass is 19.1. The molecule has 0 radical (unpaired) electrons. The van der Waals surface area contributed by atoms with E-state index in [4.69, 9.17) is 4.74 Å². The predicted octanol–water partition coefficient (Wildman–Crippen LogP) is 3.68. The summed E-state index contributed by atoms with van der Waals surface area (Å²) in [6.07, 6.45) is 0. The Labute approximate surface area is 86.3 Å². The van der Waals surface area contributed by atoms with E-state index in [9.17, 15) is 4.39 Å². The molecule has 0 amide bonds. The van der Waals surface area contributed by atoms with Crippen molar-refractivity contribution in [2.75, 3.05) is 5.32 Å². The second kappa shape index (κ2) is 2.98. The first-order valence-electron chi connectivity index (χ1n) is 4.66. The Morgan fingerprint density at radius 3 is 2.67 bits per heavy atom. The molecule has 15 heavy (non-hydrogen) atoms. The van der Waals surface area contributed by atoms with Crippen LogP contribution in [0.3, 0.4) is 0 Å². The number of halogens is 1. The highest BCUT2D eigenvalue weighted by Crippen LogP contribution is 2.41. The summed E-state index contributed by atoms with van der Waals surface area (Å²) >= 11 is 0. The lowest BCUT2D eigenvalue weighted by Gasteiger charge is -2.21. The van der Waals surface area contributed by atoms with E-state index in [1.807, 2.05) is 24.3 Å². The molecule has 1 N–H and O–H groups in total. The van der Waals surface area contributed by atoms with E-state index in [0.717, 1.165) is 17.1 Å². The zero-order valence-electron chi connectivity index (χ0n) is 7.83. The van der Waals surface area contributed by atoms with Gasteiger partial charge in [-0.05, 0) is 24.3 Å². The number of anilines is 2. The van der Waals surface area contributed by atoms with Gasteiger partial charge in [0.25, 0.3) is 0 Å². The maximum atomic E-state index is 13.0. The van der Waals surface area contributed by atoms with Gasteiger partial charge in [0.15, 0.2) is 11.5 Å². The smallest absolute Gasteiger partial charge is 0.153 e. The highest BCUT2D eigenvalue weighted by Gasteiger charge is 2.15. The summed E-state index contributed by atoms with van der Waals surface area (Å²) in [5.74, 6) is 0.944. The molecule has 2 aromatic rings. The number of ether oxygens (including phenoxy) is 1. The Balaban J connectivity index is 2.11. The third-order valence-electron chi connectivity index (χ3n) is 2.32. The van der Waals surface area contributed by atoms with Crippen LogP contribution in [-0.4, -0.2) is 0 Å². The predicted molar refractivity (Wildman–Crippen MR) is 56.2 cm³/mol. The molecular formula is C12H8FNO. The summed E-state index contributed by atoms with van der Waals surface area (Å²) in [5, 5.41) is 3.18. The normalized spacial score (nSPS) is 12.1. The van der Waals surface area contributed by atoms with Crippen LogP contribution in [0.1, 0.15) is 0 Å². The Morgan fingerprint density at radius 2 is 1.73 bits per heavy atom. The molecule has 2 aromatic carbocycles. The SMILES string of the molecule is Fc1ccc2c(c1)Oc1ccccc1N2. The molecule has 0 bridgehead atoms. The van der Waals surface area contributed by atoms with Gasteiger partial charge in [0.1, 0.15) is 5.82 Å². The second-order valence-corrected chi connectivity index (χ2v) is 3.36. The van der Waals surface area contributed by atoms with Gasteiger partial charge in [0.05, 0.1) is 11.4 Å². The minimum atomic E-state index is -0.296.